The molecule has 0 spiro atoms. The topological polar surface area (TPSA) is 110 Å². The molecule has 0 saturated heterocycles. The van der Waals surface area contributed by atoms with Crippen LogP contribution in [0.3, 0.4) is 0 Å². The van der Waals surface area contributed by atoms with Crippen LogP contribution in [0.4, 0.5) is 0 Å². The Balaban J connectivity index is 4.23. The van der Waals surface area contributed by atoms with E-state index in [-0.39, 0.29) is 44.1 Å². The van der Waals surface area contributed by atoms with Gasteiger partial charge in [-0.2, -0.15) is 4.89 Å². The number of hydrogen-bond acceptors (Lipinski definition) is 9. The van der Waals surface area contributed by atoms with E-state index in [9.17, 15) is 14.7 Å². The van der Waals surface area contributed by atoms with Crippen molar-refractivity contribution in [2.45, 2.75) is 144 Å². The summed E-state index contributed by atoms with van der Waals surface area (Å²) in [5, 5.41) is 10.1. The van der Waals surface area contributed by atoms with Gasteiger partial charge in [0.25, 0.3) is 0 Å². The molecular weight excluding hydrogens is 576 g/mol. The standard InChI is InChI=1S/C36H66O9/c1-9-12-13-14-15-16-17-18-19-20-26-40-34(39)36(8,11-3)24-22-30(4)21-23-35(6,7)33(38)41-28-32(37)29-44-45-31(5)27-43-42-25-10-2/h10,30,32,37H,2,5,9,11-29H2,1,3-4,6-8H3. The van der Waals surface area contributed by atoms with Gasteiger partial charge in [0.05, 0.1) is 17.4 Å². The van der Waals surface area contributed by atoms with Crippen LogP contribution in [-0.2, 0) is 38.6 Å². The lowest BCUT2D eigenvalue weighted by atomic mass is 9.78. The third kappa shape index (κ3) is 22.3. The van der Waals surface area contributed by atoms with E-state index in [1.54, 1.807) is 0 Å². The van der Waals surface area contributed by atoms with Crippen LogP contribution in [0.1, 0.15) is 138 Å². The molecule has 9 heteroatoms. The fourth-order valence-corrected chi connectivity index (χ4v) is 4.61. The molecule has 0 aromatic rings. The predicted octanol–water partition coefficient (Wildman–Crippen LogP) is 8.59. The van der Waals surface area contributed by atoms with Crippen molar-refractivity contribution < 1.29 is 43.7 Å². The number of rotatable bonds is 31. The van der Waals surface area contributed by atoms with Gasteiger partial charge in [-0.05, 0) is 65.2 Å². The Hall–Kier alpha value is -1.94. The fourth-order valence-electron chi connectivity index (χ4n) is 4.61. The quantitative estimate of drug-likeness (QED) is 0.0198. The van der Waals surface area contributed by atoms with Gasteiger partial charge in [-0.3, -0.25) is 9.59 Å². The van der Waals surface area contributed by atoms with Crippen LogP contribution in [0.25, 0.3) is 0 Å². The molecule has 264 valence electrons. The van der Waals surface area contributed by atoms with Crippen LogP contribution >= 0.6 is 0 Å². The van der Waals surface area contributed by atoms with Crippen molar-refractivity contribution in [3.63, 3.8) is 0 Å². The minimum absolute atomic E-state index is 0.0489. The summed E-state index contributed by atoms with van der Waals surface area (Å²) in [5.41, 5.74) is -1.22. The molecule has 0 saturated carbocycles. The van der Waals surface area contributed by atoms with E-state index in [1.165, 1.54) is 57.4 Å². The number of unbranched alkanes of at least 4 members (excludes halogenated alkanes) is 9. The van der Waals surface area contributed by atoms with Crippen molar-refractivity contribution in [3.8, 4) is 0 Å². The summed E-state index contributed by atoms with van der Waals surface area (Å²) >= 11 is 0. The van der Waals surface area contributed by atoms with Crippen molar-refractivity contribution in [1.82, 2.24) is 0 Å². The molecule has 1 N–H and O–H groups in total. The third-order valence-electron chi connectivity index (χ3n) is 8.34. The normalized spacial score (nSPS) is 14.3. The van der Waals surface area contributed by atoms with Crippen LogP contribution < -0.4 is 0 Å². The highest BCUT2D eigenvalue weighted by molar-refractivity contribution is 5.76. The summed E-state index contributed by atoms with van der Waals surface area (Å²) in [6.07, 6.45) is 16.8. The Kier molecular flexibility index (Phi) is 25.0. The molecule has 9 nitrogen and oxygen atoms in total. The molecular formula is C36H66O9. The van der Waals surface area contributed by atoms with Gasteiger partial charge in [0.2, 0.25) is 0 Å². The highest BCUT2D eigenvalue weighted by Crippen LogP contribution is 2.34. The first kappa shape index (κ1) is 43.1. The number of ether oxygens (including phenoxy) is 2. The molecule has 0 aliphatic rings. The number of esters is 2. The van der Waals surface area contributed by atoms with Gasteiger partial charge in [-0.25, -0.2) is 9.78 Å². The average Bonchev–Trinajstić information content (AvgIpc) is 3.02. The van der Waals surface area contributed by atoms with Crippen LogP contribution in [0.15, 0.2) is 25.0 Å². The first-order chi connectivity index (χ1) is 21.4. The molecule has 0 bridgehead atoms. The van der Waals surface area contributed by atoms with Gasteiger partial charge in [0.15, 0.2) is 5.76 Å². The van der Waals surface area contributed by atoms with Crippen LogP contribution in [0.2, 0.25) is 0 Å². The Labute approximate surface area is 274 Å². The molecule has 0 aliphatic carbocycles. The second-order valence-corrected chi connectivity index (χ2v) is 13.3. The highest BCUT2D eigenvalue weighted by Gasteiger charge is 2.34. The summed E-state index contributed by atoms with van der Waals surface area (Å²) in [6.45, 7) is 19.5. The smallest absolute Gasteiger partial charge is 0.311 e. The average molecular weight is 643 g/mol. The molecule has 0 aromatic carbocycles. The number of carbonyl (C=O) groups is 2. The van der Waals surface area contributed by atoms with E-state index in [0.717, 1.165) is 38.5 Å². The Bertz CT molecular complexity index is 797. The molecule has 0 amide bonds. The maximum absolute atomic E-state index is 12.9. The van der Waals surface area contributed by atoms with Crippen LogP contribution in [0.5, 0.6) is 0 Å². The maximum atomic E-state index is 12.9. The monoisotopic (exact) mass is 642 g/mol. The molecule has 45 heavy (non-hydrogen) atoms. The first-order valence-corrected chi connectivity index (χ1v) is 17.3. The highest BCUT2D eigenvalue weighted by atomic mass is 17.2. The number of carbonyl (C=O) groups excluding carboxylic acids is 2. The second-order valence-electron chi connectivity index (χ2n) is 13.3. The van der Waals surface area contributed by atoms with E-state index in [2.05, 4.69) is 27.0 Å². The van der Waals surface area contributed by atoms with Crippen molar-refractivity contribution in [3.05, 3.63) is 25.0 Å². The van der Waals surface area contributed by atoms with Gasteiger partial charge >= 0.3 is 11.9 Å². The molecule has 3 atom stereocenters. The largest absolute Gasteiger partial charge is 0.465 e. The maximum Gasteiger partial charge on any atom is 0.311 e. The molecule has 0 fully saturated rings. The van der Waals surface area contributed by atoms with Crippen molar-refractivity contribution in [2.75, 3.05) is 33.0 Å². The minimum Gasteiger partial charge on any atom is -0.465 e. The van der Waals surface area contributed by atoms with Crippen molar-refractivity contribution >= 4 is 11.9 Å². The van der Waals surface area contributed by atoms with Crippen molar-refractivity contribution in [1.29, 1.82) is 0 Å². The molecule has 0 aromatic heterocycles. The lowest BCUT2D eigenvalue weighted by Gasteiger charge is -2.28. The zero-order chi connectivity index (χ0) is 34.0. The summed E-state index contributed by atoms with van der Waals surface area (Å²) < 4.78 is 11.0. The van der Waals surface area contributed by atoms with E-state index in [0.29, 0.717) is 18.9 Å². The van der Waals surface area contributed by atoms with E-state index in [4.69, 9.17) is 29.0 Å². The number of hydrogen-bond donors (Lipinski definition) is 1. The summed E-state index contributed by atoms with van der Waals surface area (Å²) in [6, 6.07) is 0. The van der Waals surface area contributed by atoms with E-state index >= 15 is 0 Å². The Morgan fingerprint density at radius 3 is 2.00 bits per heavy atom. The van der Waals surface area contributed by atoms with Gasteiger partial charge in [0.1, 0.15) is 32.5 Å². The summed E-state index contributed by atoms with van der Waals surface area (Å²) in [7, 11) is 0. The molecule has 0 aliphatic heterocycles. The van der Waals surface area contributed by atoms with Gasteiger partial charge < -0.3 is 19.5 Å². The summed E-state index contributed by atoms with van der Waals surface area (Å²) in [4.78, 5) is 45.0. The molecule has 0 heterocycles. The van der Waals surface area contributed by atoms with E-state index < -0.39 is 16.9 Å². The number of aliphatic hydroxyl groups is 1. The van der Waals surface area contributed by atoms with E-state index in [1.807, 2.05) is 27.7 Å². The van der Waals surface area contributed by atoms with Crippen LogP contribution in [-0.4, -0.2) is 56.2 Å². The lowest BCUT2D eigenvalue weighted by Crippen LogP contribution is -2.32. The Morgan fingerprint density at radius 2 is 1.40 bits per heavy atom. The Morgan fingerprint density at radius 1 is 0.800 bits per heavy atom. The third-order valence-corrected chi connectivity index (χ3v) is 8.34. The molecule has 3 unspecified atom stereocenters. The summed E-state index contributed by atoms with van der Waals surface area (Å²) in [5.74, 6) is -0.00643. The number of aliphatic hydroxyl groups excluding tert-OH is 1. The lowest BCUT2D eigenvalue weighted by molar-refractivity contribution is -0.317. The SMILES string of the molecule is C=CCOOCC(=C)OOCC(O)COC(=O)C(C)(C)CCC(C)CCC(C)(CC)C(=O)OCCCCCCCCCCCC. The second kappa shape index (κ2) is 26.2. The predicted molar refractivity (Wildman–Crippen MR) is 178 cm³/mol. The van der Waals surface area contributed by atoms with Gasteiger partial charge in [0, 0.05) is 0 Å². The zero-order valence-corrected chi connectivity index (χ0v) is 29.5. The minimum atomic E-state index is -1.06. The molecule has 0 radical (unpaired) electrons. The van der Waals surface area contributed by atoms with Gasteiger partial charge in [-0.1, -0.05) is 91.2 Å². The molecule has 0 rings (SSSR count). The first-order valence-electron chi connectivity index (χ1n) is 17.3. The zero-order valence-electron chi connectivity index (χ0n) is 29.5. The van der Waals surface area contributed by atoms with Crippen LogP contribution in [0, 0.1) is 16.7 Å². The van der Waals surface area contributed by atoms with Gasteiger partial charge in [-0.15, -0.1) is 6.58 Å². The van der Waals surface area contributed by atoms with Crippen molar-refractivity contribution in [2.24, 2.45) is 16.7 Å². The fraction of sp³-hybridized carbons (Fsp3) is 0.833.